The van der Waals surface area contributed by atoms with Gasteiger partial charge in [-0.05, 0) is 42.3 Å². The first-order valence-corrected chi connectivity index (χ1v) is 12.0. The van der Waals surface area contributed by atoms with Gasteiger partial charge in [0.2, 0.25) is 0 Å². The van der Waals surface area contributed by atoms with E-state index in [2.05, 4.69) is 26.0 Å². The van der Waals surface area contributed by atoms with Crippen molar-refractivity contribution in [2.24, 2.45) is 0 Å². The second-order valence-corrected chi connectivity index (χ2v) is 9.42. The van der Waals surface area contributed by atoms with E-state index in [-0.39, 0.29) is 39.3 Å². The van der Waals surface area contributed by atoms with E-state index in [4.69, 9.17) is 0 Å². The Morgan fingerprint density at radius 3 is 2.48 bits per heavy atom. The van der Waals surface area contributed by atoms with Gasteiger partial charge in [0.25, 0.3) is 5.91 Å². The van der Waals surface area contributed by atoms with Crippen LogP contribution in [0.2, 0.25) is 0 Å². The van der Waals surface area contributed by atoms with Crippen molar-refractivity contribution < 1.29 is 44.7 Å². The van der Waals surface area contributed by atoms with E-state index in [1.807, 2.05) is 0 Å². The minimum Gasteiger partial charge on any atom is -0.341 e. The summed E-state index contributed by atoms with van der Waals surface area (Å²) in [6.07, 6.45) is -8.07. The second kappa shape index (κ2) is 10.3. The number of urea groups is 1. The van der Waals surface area contributed by atoms with Gasteiger partial charge < -0.3 is 16.0 Å². The van der Waals surface area contributed by atoms with E-state index in [1.165, 1.54) is 12.1 Å². The summed E-state index contributed by atoms with van der Waals surface area (Å²) in [5.74, 6) is -2.62. The molecular weight excluding hydrogens is 580 g/mol. The van der Waals surface area contributed by atoms with Crippen molar-refractivity contribution in [1.82, 2.24) is 25.4 Å². The van der Waals surface area contributed by atoms with Crippen molar-refractivity contribution in [3.8, 4) is 0 Å². The second-order valence-electron chi connectivity index (χ2n) is 9.42. The van der Waals surface area contributed by atoms with Gasteiger partial charge in [-0.3, -0.25) is 14.5 Å². The normalized spacial score (nSPS) is 15.1. The van der Waals surface area contributed by atoms with Crippen LogP contribution >= 0.6 is 0 Å². The number of pyridine rings is 1. The van der Waals surface area contributed by atoms with Crippen molar-refractivity contribution in [1.29, 1.82) is 0 Å². The van der Waals surface area contributed by atoms with E-state index in [0.717, 1.165) is 18.3 Å². The molecule has 8 nitrogen and oxygen atoms in total. The molecule has 0 saturated heterocycles. The number of halogens is 8. The lowest BCUT2D eigenvalue weighted by molar-refractivity contribution is -0.142. The van der Waals surface area contributed by atoms with E-state index in [0.29, 0.717) is 16.4 Å². The van der Waals surface area contributed by atoms with Crippen LogP contribution in [-0.4, -0.2) is 32.9 Å². The van der Waals surface area contributed by atoms with Crippen molar-refractivity contribution in [2.75, 3.05) is 5.32 Å². The van der Waals surface area contributed by atoms with Gasteiger partial charge >= 0.3 is 18.4 Å². The van der Waals surface area contributed by atoms with Gasteiger partial charge in [-0.2, -0.15) is 31.4 Å². The van der Waals surface area contributed by atoms with Gasteiger partial charge in [-0.15, -0.1) is 0 Å². The molecule has 3 heterocycles. The molecular formula is C26H18F8N6O2. The SMILES string of the molecule is Cc1ccc(F)cc1C1NC(=O)c2c1c(NC(=O)NCc1ncc(F)cc1C(F)(F)F)cc1c2cnn1CC(F)(F)F. The van der Waals surface area contributed by atoms with Crippen LogP contribution in [0.25, 0.3) is 10.9 Å². The Labute approximate surface area is 230 Å². The number of nitrogens with zero attached hydrogens (tertiary/aromatic N) is 3. The van der Waals surface area contributed by atoms with Crippen LogP contribution in [0.1, 0.15) is 44.3 Å². The summed E-state index contributed by atoms with van der Waals surface area (Å²) >= 11 is 0. The number of anilines is 1. The highest BCUT2D eigenvalue weighted by molar-refractivity contribution is 6.13. The molecule has 0 bridgehead atoms. The summed E-state index contributed by atoms with van der Waals surface area (Å²) in [5.41, 5.74) is -1.69. The smallest absolute Gasteiger partial charge is 0.341 e. The summed E-state index contributed by atoms with van der Waals surface area (Å²) in [6.45, 7) is -0.695. The Kier molecular flexibility index (Phi) is 7.02. The largest absolute Gasteiger partial charge is 0.418 e. The molecule has 1 aliphatic rings. The zero-order valence-electron chi connectivity index (χ0n) is 21.2. The summed E-state index contributed by atoms with van der Waals surface area (Å²) in [4.78, 5) is 29.4. The average Bonchev–Trinajstić information content (AvgIpc) is 3.43. The number of carbonyl (C=O) groups excluding carboxylic acids is 2. The van der Waals surface area contributed by atoms with Crippen LogP contribution in [0.4, 0.5) is 45.6 Å². The first-order chi connectivity index (χ1) is 19.6. The predicted molar refractivity (Wildman–Crippen MR) is 131 cm³/mol. The van der Waals surface area contributed by atoms with Crippen LogP contribution in [0.5, 0.6) is 0 Å². The van der Waals surface area contributed by atoms with Crippen LogP contribution in [-0.2, 0) is 19.3 Å². The lowest BCUT2D eigenvalue weighted by atomic mass is 9.92. The Balaban J connectivity index is 1.56. The lowest BCUT2D eigenvalue weighted by Gasteiger charge is -2.19. The molecule has 16 heteroatoms. The number of nitrogens with one attached hydrogen (secondary N) is 3. The highest BCUT2D eigenvalue weighted by Gasteiger charge is 2.38. The molecule has 2 aromatic heterocycles. The molecule has 1 atom stereocenters. The zero-order chi connectivity index (χ0) is 30.6. The number of amides is 3. The third kappa shape index (κ3) is 5.56. The minimum absolute atomic E-state index is 0.0274. The van der Waals surface area contributed by atoms with E-state index < -0.39 is 66.3 Å². The Bertz CT molecular complexity index is 1730. The third-order valence-corrected chi connectivity index (χ3v) is 6.57. The molecule has 0 fully saturated rings. The Morgan fingerprint density at radius 2 is 1.79 bits per heavy atom. The molecule has 3 N–H and O–H groups in total. The maximum atomic E-state index is 14.2. The molecule has 42 heavy (non-hydrogen) atoms. The number of rotatable bonds is 5. The van der Waals surface area contributed by atoms with Crippen molar-refractivity contribution >= 4 is 28.5 Å². The molecule has 4 aromatic rings. The molecule has 1 unspecified atom stereocenters. The molecule has 3 amide bonds. The number of carbonyl (C=O) groups is 2. The first-order valence-electron chi connectivity index (χ1n) is 12.0. The minimum atomic E-state index is -4.98. The van der Waals surface area contributed by atoms with Gasteiger partial charge in [0.15, 0.2) is 0 Å². The number of alkyl halides is 6. The molecule has 220 valence electrons. The van der Waals surface area contributed by atoms with Gasteiger partial charge in [0.05, 0.1) is 53.0 Å². The van der Waals surface area contributed by atoms with E-state index in [9.17, 15) is 44.7 Å². The highest BCUT2D eigenvalue weighted by Crippen LogP contribution is 2.42. The molecule has 5 rings (SSSR count). The summed E-state index contributed by atoms with van der Waals surface area (Å²) in [7, 11) is 0. The monoisotopic (exact) mass is 598 g/mol. The van der Waals surface area contributed by atoms with Gasteiger partial charge in [0.1, 0.15) is 18.2 Å². The van der Waals surface area contributed by atoms with E-state index >= 15 is 0 Å². The standard InChI is InChI=1S/C26H18F8N6O2/c1-11-2-3-12(27)4-14(11)22-21-17(38-24(42)36-9-18-16(26(32,33)34)5-13(28)7-35-18)6-19-15(20(21)23(41)39-22)8-37-40(19)10-25(29,30)31/h2-8,22H,9-10H2,1H3,(H,39,41)(H2,36,38,42). The molecule has 0 saturated carbocycles. The van der Waals surface area contributed by atoms with Crippen LogP contribution < -0.4 is 16.0 Å². The Hall–Kier alpha value is -4.76. The predicted octanol–water partition coefficient (Wildman–Crippen LogP) is 5.75. The number of aromatic nitrogens is 3. The quantitative estimate of drug-likeness (QED) is 0.255. The Morgan fingerprint density at radius 1 is 1.05 bits per heavy atom. The molecule has 0 aliphatic carbocycles. The number of aryl methyl sites for hydroxylation is 1. The van der Waals surface area contributed by atoms with Gasteiger partial charge in [-0.1, -0.05) is 6.07 Å². The topological polar surface area (TPSA) is 101 Å². The highest BCUT2D eigenvalue weighted by atomic mass is 19.4. The fraction of sp³-hybridized carbons (Fsp3) is 0.231. The summed E-state index contributed by atoms with van der Waals surface area (Å²) < 4.78 is 108. The summed E-state index contributed by atoms with van der Waals surface area (Å²) in [6, 6.07) is 2.96. The molecule has 0 spiro atoms. The third-order valence-electron chi connectivity index (χ3n) is 6.57. The molecule has 2 aromatic carbocycles. The summed E-state index contributed by atoms with van der Waals surface area (Å²) in [5, 5.41) is 10.9. The zero-order valence-corrected chi connectivity index (χ0v) is 21.2. The van der Waals surface area contributed by atoms with Gasteiger partial charge in [-0.25, -0.2) is 13.6 Å². The first kappa shape index (κ1) is 28.8. The van der Waals surface area contributed by atoms with Crippen molar-refractivity contribution in [3.05, 3.63) is 87.9 Å². The fourth-order valence-corrected chi connectivity index (χ4v) is 4.79. The van der Waals surface area contributed by atoms with Crippen molar-refractivity contribution in [3.63, 3.8) is 0 Å². The maximum absolute atomic E-state index is 14.2. The van der Waals surface area contributed by atoms with Crippen LogP contribution in [0.15, 0.2) is 42.7 Å². The number of fused-ring (bicyclic) bond motifs is 3. The number of hydrogen-bond acceptors (Lipinski definition) is 4. The van der Waals surface area contributed by atoms with Crippen LogP contribution in [0, 0.1) is 18.6 Å². The molecule has 0 radical (unpaired) electrons. The maximum Gasteiger partial charge on any atom is 0.418 e. The lowest BCUT2D eigenvalue weighted by Crippen LogP contribution is -2.30. The fourth-order valence-electron chi connectivity index (χ4n) is 4.79. The van der Waals surface area contributed by atoms with Gasteiger partial charge in [0, 0.05) is 10.9 Å². The average molecular weight is 598 g/mol. The number of hydrogen-bond donors (Lipinski definition) is 3. The number of benzene rings is 2. The van der Waals surface area contributed by atoms with Crippen molar-refractivity contribution in [2.45, 2.75) is 38.4 Å². The molecule has 1 aliphatic heterocycles. The van der Waals surface area contributed by atoms with Crippen LogP contribution in [0.3, 0.4) is 0 Å². The van der Waals surface area contributed by atoms with E-state index in [1.54, 1.807) is 6.92 Å².